The Morgan fingerprint density at radius 1 is 1.23 bits per heavy atom. The maximum Gasteiger partial charge on any atom is 0.254 e. The normalized spacial score (nSPS) is 19.7. The topological polar surface area (TPSA) is 99.6 Å². The number of sulfonamides is 1. The lowest BCUT2D eigenvalue weighted by Crippen LogP contribution is -2.51. The lowest BCUT2D eigenvalue weighted by molar-refractivity contribution is -0.123. The Labute approximate surface area is 212 Å². The van der Waals surface area contributed by atoms with E-state index in [9.17, 15) is 18.3 Å². The SMILES string of the molecule is Cc1nc(C)c(S(=O)(=O)N(CC2CC2)CC(O)C(Cc2ccccc2)NC(=O)CC2C=CCC2)s1. The largest absolute Gasteiger partial charge is 0.390 e. The van der Waals surface area contributed by atoms with Crippen molar-refractivity contribution in [1.29, 1.82) is 0 Å². The number of nitrogens with zero attached hydrogens (tertiary/aromatic N) is 2. The number of carbonyl (C=O) groups is 1. The molecule has 2 N–H and O–H groups in total. The Balaban J connectivity index is 1.53. The standard InChI is InChI=1S/C26H35N3O4S2/c1-18-26(34-19(2)27-18)35(32,33)29(16-22-12-13-22)17-24(30)23(14-20-8-4-3-5-9-20)28-25(31)15-21-10-6-7-11-21/h3-6,8-10,21-24,30H,7,11-17H2,1-2H3,(H,28,31). The summed E-state index contributed by atoms with van der Waals surface area (Å²) in [4.78, 5) is 17.1. The molecule has 0 radical (unpaired) electrons. The lowest BCUT2D eigenvalue weighted by Gasteiger charge is -2.30. The zero-order valence-corrected chi connectivity index (χ0v) is 22.0. The minimum absolute atomic E-state index is 0.0731. The molecule has 3 unspecified atom stereocenters. The number of hydrogen-bond donors (Lipinski definition) is 2. The fourth-order valence-electron chi connectivity index (χ4n) is 4.58. The maximum atomic E-state index is 13.6. The molecule has 1 aromatic heterocycles. The Morgan fingerprint density at radius 3 is 2.57 bits per heavy atom. The molecule has 1 aromatic carbocycles. The number of aryl methyl sites for hydroxylation is 2. The number of thiazole rings is 1. The van der Waals surface area contributed by atoms with Gasteiger partial charge in [-0.1, -0.05) is 42.5 Å². The Kier molecular flexibility index (Phi) is 8.42. The number of amides is 1. The highest BCUT2D eigenvalue weighted by molar-refractivity contribution is 7.91. The zero-order chi connectivity index (χ0) is 25.0. The molecule has 1 amide bonds. The van der Waals surface area contributed by atoms with Crippen LogP contribution in [0.3, 0.4) is 0 Å². The van der Waals surface area contributed by atoms with Gasteiger partial charge in [-0.3, -0.25) is 4.79 Å². The number of rotatable bonds is 12. The summed E-state index contributed by atoms with van der Waals surface area (Å²) in [6.07, 6.45) is 7.83. The molecule has 1 heterocycles. The van der Waals surface area contributed by atoms with E-state index >= 15 is 0 Å². The number of carbonyl (C=O) groups excluding carboxylic acids is 1. The van der Waals surface area contributed by atoms with Gasteiger partial charge in [0.2, 0.25) is 5.91 Å². The molecule has 0 spiro atoms. The molecule has 0 aliphatic heterocycles. The van der Waals surface area contributed by atoms with Gasteiger partial charge in [-0.05, 0) is 63.4 Å². The summed E-state index contributed by atoms with van der Waals surface area (Å²) < 4.78 is 28.8. The van der Waals surface area contributed by atoms with E-state index in [1.165, 1.54) is 15.6 Å². The third kappa shape index (κ3) is 7.00. The van der Waals surface area contributed by atoms with Gasteiger partial charge in [-0.15, -0.1) is 11.3 Å². The van der Waals surface area contributed by atoms with Crippen LogP contribution in [0.15, 0.2) is 46.7 Å². The molecule has 1 fully saturated rings. The molecule has 190 valence electrons. The summed E-state index contributed by atoms with van der Waals surface area (Å²) in [6.45, 7) is 3.80. The number of aliphatic hydroxyl groups is 1. The van der Waals surface area contributed by atoms with E-state index in [2.05, 4.69) is 22.5 Å². The molecule has 2 aliphatic carbocycles. The molecule has 7 nitrogen and oxygen atoms in total. The van der Waals surface area contributed by atoms with Crippen LogP contribution in [0.5, 0.6) is 0 Å². The Hall–Kier alpha value is -2.07. The Morgan fingerprint density at radius 2 is 1.97 bits per heavy atom. The average molecular weight is 518 g/mol. The Bertz CT molecular complexity index is 1140. The van der Waals surface area contributed by atoms with Crippen molar-refractivity contribution in [3.05, 3.63) is 58.7 Å². The van der Waals surface area contributed by atoms with Crippen LogP contribution in [0.2, 0.25) is 0 Å². The molecule has 4 rings (SSSR count). The van der Waals surface area contributed by atoms with Crippen molar-refractivity contribution in [2.45, 2.75) is 68.7 Å². The number of aromatic nitrogens is 1. The first-order valence-electron chi connectivity index (χ1n) is 12.3. The molecule has 2 aromatic rings. The smallest absolute Gasteiger partial charge is 0.254 e. The van der Waals surface area contributed by atoms with Gasteiger partial charge in [0, 0.05) is 19.5 Å². The van der Waals surface area contributed by atoms with Crippen LogP contribution in [-0.4, -0.2) is 54.0 Å². The lowest BCUT2D eigenvalue weighted by atomic mass is 9.99. The van der Waals surface area contributed by atoms with Crippen LogP contribution < -0.4 is 5.32 Å². The van der Waals surface area contributed by atoms with Crippen LogP contribution in [-0.2, 0) is 21.2 Å². The van der Waals surface area contributed by atoms with Crippen molar-refractivity contribution in [3.63, 3.8) is 0 Å². The first-order chi connectivity index (χ1) is 16.7. The highest BCUT2D eigenvalue weighted by Crippen LogP contribution is 2.34. The summed E-state index contributed by atoms with van der Waals surface area (Å²) in [7, 11) is -3.81. The number of hydrogen-bond acceptors (Lipinski definition) is 6. The second-order valence-electron chi connectivity index (χ2n) is 9.77. The molecule has 0 saturated heterocycles. The number of nitrogens with one attached hydrogen (secondary N) is 1. The van der Waals surface area contributed by atoms with Crippen LogP contribution in [0.1, 0.15) is 48.4 Å². The summed E-state index contributed by atoms with van der Waals surface area (Å²) in [5.74, 6) is 0.406. The van der Waals surface area contributed by atoms with Gasteiger partial charge in [0.1, 0.15) is 0 Å². The first kappa shape index (κ1) is 26.0. The third-order valence-corrected chi connectivity index (χ3v) is 10.1. The summed E-state index contributed by atoms with van der Waals surface area (Å²) in [6, 6.07) is 9.06. The molecule has 0 bridgehead atoms. The van der Waals surface area contributed by atoms with Crippen molar-refractivity contribution in [2.75, 3.05) is 13.1 Å². The number of benzene rings is 1. The van der Waals surface area contributed by atoms with E-state index in [1.807, 2.05) is 30.3 Å². The second kappa shape index (κ2) is 11.3. The van der Waals surface area contributed by atoms with E-state index in [1.54, 1.807) is 13.8 Å². The third-order valence-electron chi connectivity index (χ3n) is 6.65. The minimum Gasteiger partial charge on any atom is -0.390 e. The molecular weight excluding hydrogens is 482 g/mol. The van der Waals surface area contributed by atoms with Crippen LogP contribution in [0, 0.1) is 25.7 Å². The summed E-state index contributed by atoms with van der Waals surface area (Å²) in [5, 5.41) is 15.0. The van der Waals surface area contributed by atoms with Gasteiger partial charge in [0.25, 0.3) is 10.0 Å². The zero-order valence-electron chi connectivity index (χ0n) is 20.4. The van der Waals surface area contributed by atoms with Gasteiger partial charge in [0.05, 0.1) is 22.8 Å². The van der Waals surface area contributed by atoms with Gasteiger partial charge in [-0.25, -0.2) is 13.4 Å². The van der Waals surface area contributed by atoms with E-state index in [-0.39, 0.29) is 22.6 Å². The molecule has 2 aliphatic rings. The molecule has 3 atom stereocenters. The highest BCUT2D eigenvalue weighted by atomic mass is 32.2. The van der Waals surface area contributed by atoms with Crippen molar-refractivity contribution in [2.24, 2.45) is 11.8 Å². The molecule has 35 heavy (non-hydrogen) atoms. The summed E-state index contributed by atoms with van der Waals surface area (Å²) in [5.41, 5.74) is 1.46. The van der Waals surface area contributed by atoms with Crippen LogP contribution in [0.25, 0.3) is 0 Å². The first-order valence-corrected chi connectivity index (χ1v) is 14.6. The van der Waals surface area contributed by atoms with Gasteiger partial charge < -0.3 is 10.4 Å². The second-order valence-corrected chi connectivity index (χ2v) is 13.1. The minimum atomic E-state index is -3.81. The maximum absolute atomic E-state index is 13.6. The van der Waals surface area contributed by atoms with Crippen molar-refractivity contribution in [1.82, 2.24) is 14.6 Å². The molecule has 1 saturated carbocycles. The quantitative estimate of drug-likeness (QED) is 0.419. The molecular formula is C26H35N3O4S2. The monoisotopic (exact) mass is 517 g/mol. The van der Waals surface area contributed by atoms with Gasteiger partial charge in [-0.2, -0.15) is 4.31 Å². The van der Waals surface area contributed by atoms with E-state index < -0.39 is 22.2 Å². The number of aliphatic hydroxyl groups excluding tert-OH is 1. The van der Waals surface area contributed by atoms with E-state index in [4.69, 9.17) is 0 Å². The number of allylic oxidation sites excluding steroid dienone is 2. The van der Waals surface area contributed by atoms with Gasteiger partial charge >= 0.3 is 0 Å². The fourth-order valence-corrected chi connectivity index (χ4v) is 7.74. The van der Waals surface area contributed by atoms with Gasteiger partial charge in [0.15, 0.2) is 4.21 Å². The predicted molar refractivity (Wildman–Crippen MR) is 138 cm³/mol. The van der Waals surface area contributed by atoms with Crippen LogP contribution in [0.4, 0.5) is 0 Å². The van der Waals surface area contributed by atoms with Crippen molar-refractivity contribution in [3.8, 4) is 0 Å². The highest BCUT2D eigenvalue weighted by Gasteiger charge is 2.37. The molecule has 9 heteroatoms. The average Bonchev–Trinajstić information content (AvgIpc) is 3.35. The summed E-state index contributed by atoms with van der Waals surface area (Å²) >= 11 is 1.17. The predicted octanol–water partition coefficient (Wildman–Crippen LogP) is 3.61. The van der Waals surface area contributed by atoms with E-state index in [0.717, 1.165) is 31.2 Å². The van der Waals surface area contributed by atoms with Crippen molar-refractivity contribution < 1.29 is 18.3 Å². The van der Waals surface area contributed by atoms with E-state index in [0.29, 0.717) is 36.0 Å². The fraction of sp³-hybridized carbons (Fsp3) is 0.538. The van der Waals surface area contributed by atoms with Crippen molar-refractivity contribution >= 4 is 27.3 Å². The van der Waals surface area contributed by atoms with Crippen LogP contribution >= 0.6 is 11.3 Å².